The van der Waals surface area contributed by atoms with Gasteiger partial charge in [-0.3, -0.25) is 0 Å². The third kappa shape index (κ3) is 2.87. The lowest BCUT2D eigenvalue weighted by molar-refractivity contribution is 0.140. The van der Waals surface area contributed by atoms with Crippen LogP contribution >= 0.6 is 15.9 Å². The standard InChI is InChI=1S/C14H15BrN2O2/c1-8-6-10(15)4-5-11(8)14-16-13(19-17-14)7-12(18)9-2-3-9/h4-6,9,12,18H,2-3,7H2,1H3. The summed E-state index contributed by atoms with van der Waals surface area (Å²) in [6, 6.07) is 5.94. The average Bonchev–Trinajstić information content (AvgIpc) is 3.11. The van der Waals surface area contributed by atoms with Gasteiger partial charge in [0.25, 0.3) is 0 Å². The van der Waals surface area contributed by atoms with E-state index in [9.17, 15) is 5.11 Å². The summed E-state index contributed by atoms with van der Waals surface area (Å²) in [6.07, 6.45) is 2.31. The first kappa shape index (κ1) is 12.8. The summed E-state index contributed by atoms with van der Waals surface area (Å²) in [5.41, 5.74) is 2.04. The van der Waals surface area contributed by atoms with Gasteiger partial charge in [0, 0.05) is 10.0 Å². The molecule has 1 aliphatic rings. The van der Waals surface area contributed by atoms with Crippen molar-refractivity contribution in [3.63, 3.8) is 0 Å². The molecule has 5 heteroatoms. The van der Waals surface area contributed by atoms with Crippen LogP contribution in [-0.4, -0.2) is 21.4 Å². The molecule has 0 bridgehead atoms. The Morgan fingerprint density at radius 2 is 2.26 bits per heavy atom. The van der Waals surface area contributed by atoms with E-state index in [0.717, 1.165) is 28.4 Å². The third-order valence-corrected chi connectivity index (χ3v) is 3.94. The van der Waals surface area contributed by atoms with Crippen molar-refractivity contribution in [3.8, 4) is 11.4 Å². The van der Waals surface area contributed by atoms with Gasteiger partial charge in [-0.25, -0.2) is 0 Å². The number of rotatable bonds is 4. The Bertz CT molecular complexity index is 593. The summed E-state index contributed by atoms with van der Waals surface area (Å²) in [6.45, 7) is 2.01. The number of hydrogen-bond donors (Lipinski definition) is 1. The molecule has 0 aliphatic heterocycles. The minimum absolute atomic E-state index is 0.348. The molecule has 1 heterocycles. The first-order valence-electron chi connectivity index (χ1n) is 6.40. The van der Waals surface area contributed by atoms with Gasteiger partial charge in [0.15, 0.2) is 0 Å². The van der Waals surface area contributed by atoms with Crippen molar-refractivity contribution in [1.82, 2.24) is 10.1 Å². The molecule has 1 saturated carbocycles. The molecule has 19 heavy (non-hydrogen) atoms. The molecule has 100 valence electrons. The zero-order valence-electron chi connectivity index (χ0n) is 10.6. The molecule has 1 atom stereocenters. The molecule has 3 rings (SSSR count). The molecule has 1 unspecified atom stereocenters. The van der Waals surface area contributed by atoms with E-state index >= 15 is 0 Å². The predicted octanol–water partition coefficient (Wildman–Crippen LogP) is 3.12. The summed E-state index contributed by atoms with van der Waals surface area (Å²) in [4.78, 5) is 4.37. The van der Waals surface area contributed by atoms with E-state index < -0.39 is 0 Å². The van der Waals surface area contributed by atoms with Crippen LogP contribution in [0.1, 0.15) is 24.3 Å². The molecular formula is C14H15BrN2O2. The van der Waals surface area contributed by atoms with Gasteiger partial charge >= 0.3 is 0 Å². The van der Waals surface area contributed by atoms with Crippen molar-refractivity contribution in [2.24, 2.45) is 5.92 Å². The highest BCUT2D eigenvalue weighted by Gasteiger charge is 2.31. The summed E-state index contributed by atoms with van der Waals surface area (Å²) in [5.74, 6) is 1.52. The van der Waals surface area contributed by atoms with Crippen LogP contribution in [0.2, 0.25) is 0 Å². The second kappa shape index (κ2) is 5.06. The number of hydrogen-bond acceptors (Lipinski definition) is 4. The van der Waals surface area contributed by atoms with E-state index in [0.29, 0.717) is 24.1 Å². The molecule has 1 fully saturated rings. The normalized spacial score (nSPS) is 16.6. The molecule has 0 amide bonds. The van der Waals surface area contributed by atoms with Gasteiger partial charge < -0.3 is 9.63 Å². The maximum Gasteiger partial charge on any atom is 0.229 e. The quantitative estimate of drug-likeness (QED) is 0.939. The average molecular weight is 323 g/mol. The summed E-state index contributed by atoms with van der Waals surface area (Å²) >= 11 is 3.43. The summed E-state index contributed by atoms with van der Waals surface area (Å²) in [7, 11) is 0. The van der Waals surface area contributed by atoms with Crippen molar-refractivity contribution in [1.29, 1.82) is 0 Å². The number of nitrogens with zero attached hydrogens (tertiary/aromatic N) is 2. The summed E-state index contributed by atoms with van der Waals surface area (Å²) < 4.78 is 6.25. The first-order chi connectivity index (χ1) is 9.13. The zero-order valence-corrected chi connectivity index (χ0v) is 12.2. The lowest BCUT2D eigenvalue weighted by Gasteiger charge is -2.03. The summed E-state index contributed by atoms with van der Waals surface area (Å²) in [5, 5.41) is 13.9. The van der Waals surface area contributed by atoms with Gasteiger partial charge in [-0.2, -0.15) is 4.98 Å². The lowest BCUT2D eigenvalue weighted by Crippen LogP contribution is -2.12. The molecule has 0 radical (unpaired) electrons. The van der Waals surface area contributed by atoms with Gasteiger partial charge in [0.1, 0.15) is 0 Å². The van der Waals surface area contributed by atoms with Crippen LogP contribution in [0.5, 0.6) is 0 Å². The fourth-order valence-electron chi connectivity index (χ4n) is 2.15. The number of aliphatic hydroxyl groups is 1. The van der Waals surface area contributed by atoms with E-state index in [1.807, 2.05) is 25.1 Å². The molecule has 1 N–H and O–H groups in total. The molecule has 1 aromatic heterocycles. The van der Waals surface area contributed by atoms with Crippen LogP contribution in [-0.2, 0) is 6.42 Å². The topological polar surface area (TPSA) is 59.2 Å². The van der Waals surface area contributed by atoms with Gasteiger partial charge in [-0.05, 0) is 49.4 Å². The Labute approximate surface area is 120 Å². The van der Waals surface area contributed by atoms with E-state index in [1.165, 1.54) is 0 Å². The zero-order chi connectivity index (χ0) is 13.4. The molecule has 4 nitrogen and oxygen atoms in total. The highest BCUT2D eigenvalue weighted by atomic mass is 79.9. The number of aryl methyl sites for hydroxylation is 1. The molecule has 0 saturated heterocycles. The van der Waals surface area contributed by atoms with Crippen molar-refractivity contribution in [3.05, 3.63) is 34.1 Å². The Morgan fingerprint density at radius 3 is 2.95 bits per heavy atom. The van der Waals surface area contributed by atoms with Gasteiger partial charge in [0.05, 0.1) is 12.5 Å². The second-order valence-electron chi connectivity index (χ2n) is 5.08. The van der Waals surface area contributed by atoms with Crippen LogP contribution < -0.4 is 0 Å². The van der Waals surface area contributed by atoms with Gasteiger partial charge in [0.2, 0.25) is 11.7 Å². The molecule has 0 spiro atoms. The SMILES string of the molecule is Cc1cc(Br)ccc1-c1noc(CC(O)C2CC2)n1. The van der Waals surface area contributed by atoms with Gasteiger partial charge in [-0.15, -0.1) is 0 Å². The van der Waals surface area contributed by atoms with E-state index in [-0.39, 0.29) is 6.10 Å². The van der Waals surface area contributed by atoms with Gasteiger partial charge in [-0.1, -0.05) is 21.1 Å². The Morgan fingerprint density at radius 1 is 1.47 bits per heavy atom. The maximum atomic E-state index is 9.88. The van der Waals surface area contributed by atoms with Crippen LogP contribution in [0.4, 0.5) is 0 Å². The Kier molecular flexibility index (Phi) is 3.41. The molecule has 1 aliphatic carbocycles. The van der Waals surface area contributed by atoms with Crippen LogP contribution in [0.3, 0.4) is 0 Å². The smallest absolute Gasteiger partial charge is 0.229 e. The van der Waals surface area contributed by atoms with Crippen molar-refractivity contribution >= 4 is 15.9 Å². The van der Waals surface area contributed by atoms with Crippen molar-refractivity contribution in [2.45, 2.75) is 32.3 Å². The molecular weight excluding hydrogens is 308 g/mol. The predicted molar refractivity (Wildman–Crippen MR) is 74.6 cm³/mol. The Balaban J connectivity index is 1.79. The monoisotopic (exact) mass is 322 g/mol. The van der Waals surface area contributed by atoms with Crippen molar-refractivity contribution in [2.75, 3.05) is 0 Å². The second-order valence-corrected chi connectivity index (χ2v) is 6.00. The number of halogens is 1. The van der Waals surface area contributed by atoms with Crippen LogP contribution in [0, 0.1) is 12.8 Å². The fourth-order valence-corrected chi connectivity index (χ4v) is 2.63. The minimum atomic E-state index is -0.348. The number of aromatic nitrogens is 2. The molecule has 1 aromatic carbocycles. The van der Waals surface area contributed by atoms with Crippen molar-refractivity contribution < 1.29 is 9.63 Å². The van der Waals surface area contributed by atoms with E-state index in [1.54, 1.807) is 0 Å². The maximum absolute atomic E-state index is 9.88. The number of aliphatic hydroxyl groups excluding tert-OH is 1. The van der Waals surface area contributed by atoms with E-state index in [4.69, 9.17) is 4.52 Å². The first-order valence-corrected chi connectivity index (χ1v) is 7.20. The highest BCUT2D eigenvalue weighted by molar-refractivity contribution is 9.10. The fraction of sp³-hybridized carbons (Fsp3) is 0.429. The highest BCUT2D eigenvalue weighted by Crippen LogP contribution is 2.34. The minimum Gasteiger partial charge on any atom is -0.392 e. The number of benzene rings is 1. The van der Waals surface area contributed by atoms with Crippen LogP contribution in [0.25, 0.3) is 11.4 Å². The molecule has 2 aromatic rings. The third-order valence-electron chi connectivity index (χ3n) is 3.45. The lowest BCUT2D eigenvalue weighted by atomic mass is 10.1. The van der Waals surface area contributed by atoms with E-state index in [2.05, 4.69) is 26.1 Å². The largest absolute Gasteiger partial charge is 0.392 e. The Hall–Kier alpha value is -1.20. The van der Waals surface area contributed by atoms with Crippen LogP contribution in [0.15, 0.2) is 27.2 Å².